The number of carbonyl (C=O) groups is 1. The Morgan fingerprint density at radius 2 is 2.00 bits per heavy atom. The third-order valence-corrected chi connectivity index (χ3v) is 4.48. The average molecular weight is 412 g/mol. The Kier molecular flexibility index (Phi) is 8.38. The van der Waals surface area contributed by atoms with E-state index in [1.165, 1.54) is 7.11 Å². The van der Waals surface area contributed by atoms with Gasteiger partial charge in [0, 0.05) is 17.6 Å². The van der Waals surface area contributed by atoms with Crippen molar-refractivity contribution in [2.75, 3.05) is 20.3 Å². The van der Waals surface area contributed by atoms with Crippen LogP contribution < -0.4 is 10.1 Å². The van der Waals surface area contributed by atoms with Crippen molar-refractivity contribution in [1.29, 1.82) is 0 Å². The summed E-state index contributed by atoms with van der Waals surface area (Å²) >= 11 is 12.2. The summed E-state index contributed by atoms with van der Waals surface area (Å²) in [5.74, 6) is 0.213. The van der Waals surface area contributed by atoms with Gasteiger partial charge >= 0.3 is 5.97 Å². The van der Waals surface area contributed by atoms with Gasteiger partial charge in [0.2, 0.25) is 0 Å². The first-order valence-corrected chi connectivity index (χ1v) is 9.29. The summed E-state index contributed by atoms with van der Waals surface area (Å²) in [6.07, 6.45) is -0.497. The molecule has 0 heterocycles. The lowest BCUT2D eigenvalue weighted by molar-refractivity contribution is -0.139. The number of rotatable bonds is 9. The first-order valence-electron chi connectivity index (χ1n) is 8.54. The second-order valence-corrected chi connectivity index (χ2v) is 7.05. The van der Waals surface area contributed by atoms with E-state index in [4.69, 9.17) is 27.9 Å². The van der Waals surface area contributed by atoms with Crippen molar-refractivity contribution in [3.63, 3.8) is 0 Å². The normalized spacial score (nSPS) is 13.1. The minimum absolute atomic E-state index is 0.00959. The maximum Gasteiger partial charge on any atom is 0.309 e. The molecule has 0 aliphatic heterocycles. The van der Waals surface area contributed by atoms with Gasteiger partial charge in [0.25, 0.3) is 0 Å². The lowest BCUT2D eigenvalue weighted by atomic mass is 10.1. The predicted octanol–water partition coefficient (Wildman–Crippen LogP) is 3.80. The SMILES string of the molecule is COC(=O)Cc1ccc(OCC(C)NCC(O)c2cccc(Cl)c2)c(Cl)c1. The molecule has 7 heteroatoms. The Balaban J connectivity index is 1.81. The van der Waals surface area contributed by atoms with Crippen molar-refractivity contribution in [1.82, 2.24) is 5.32 Å². The monoisotopic (exact) mass is 411 g/mol. The van der Waals surface area contributed by atoms with Crippen LogP contribution in [0.4, 0.5) is 0 Å². The molecule has 27 heavy (non-hydrogen) atoms. The Hall–Kier alpha value is -1.79. The van der Waals surface area contributed by atoms with Gasteiger partial charge in [-0.25, -0.2) is 0 Å². The number of carbonyl (C=O) groups excluding carboxylic acids is 1. The van der Waals surface area contributed by atoms with Crippen LogP contribution in [0.1, 0.15) is 24.2 Å². The molecule has 0 spiro atoms. The van der Waals surface area contributed by atoms with E-state index in [0.29, 0.717) is 28.9 Å². The summed E-state index contributed by atoms with van der Waals surface area (Å²) in [7, 11) is 1.35. The van der Waals surface area contributed by atoms with Crippen molar-refractivity contribution < 1.29 is 19.4 Å². The predicted molar refractivity (Wildman–Crippen MR) is 107 cm³/mol. The van der Waals surface area contributed by atoms with Crippen LogP contribution in [0.3, 0.4) is 0 Å². The fraction of sp³-hybridized carbons (Fsp3) is 0.350. The fourth-order valence-corrected chi connectivity index (χ4v) is 2.88. The highest BCUT2D eigenvalue weighted by Gasteiger charge is 2.12. The van der Waals surface area contributed by atoms with E-state index in [9.17, 15) is 9.90 Å². The van der Waals surface area contributed by atoms with Crippen molar-refractivity contribution in [3.05, 3.63) is 63.6 Å². The first-order chi connectivity index (χ1) is 12.9. The van der Waals surface area contributed by atoms with Gasteiger partial charge < -0.3 is 19.9 Å². The van der Waals surface area contributed by atoms with Gasteiger partial charge in [0.15, 0.2) is 0 Å². The molecule has 0 aromatic heterocycles. The molecule has 2 unspecified atom stereocenters. The van der Waals surface area contributed by atoms with Crippen LogP contribution in [0.5, 0.6) is 5.75 Å². The number of aliphatic hydroxyl groups is 1. The molecule has 0 bridgehead atoms. The molecular weight excluding hydrogens is 389 g/mol. The van der Waals surface area contributed by atoms with E-state index in [0.717, 1.165) is 11.1 Å². The summed E-state index contributed by atoms with van der Waals surface area (Å²) in [6.45, 7) is 2.69. The van der Waals surface area contributed by atoms with Crippen LogP contribution in [-0.4, -0.2) is 37.4 Å². The van der Waals surface area contributed by atoms with Gasteiger partial charge in [0.1, 0.15) is 12.4 Å². The standard InChI is InChI=1S/C20H23Cl2NO4/c1-13(23-11-18(24)15-4-3-5-16(21)10-15)12-27-19-7-6-14(8-17(19)22)9-20(25)26-2/h3-8,10,13,18,23-24H,9,11-12H2,1-2H3. The number of esters is 1. The van der Waals surface area contributed by atoms with Crippen LogP contribution in [0.2, 0.25) is 10.0 Å². The lowest BCUT2D eigenvalue weighted by Gasteiger charge is -2.18. The number of ether oxygens (including phenoxy) is 2. The number of hydrogen-bond donors (Lipinski definition) is 2. The van der Waals surface area contributed by atoms with Crippen LogP contribution in [0, 0.1) is 0 Å². The summed E-state index contributed by atoms with van der Waals surface area (Å²) in [5.41, 5.74) is 1.52. The Morgan fingerprint density at radius 3 is 2.67 bits per heavy atom. The molecule has 0 amide bonds. The molecule has 2 N–H and O–H groups in total. The molecule has 2 aromatic rings. The van der Waals surface area contributed by atoms with Crippen LogP contribution >= 0.6 is 23.2 Å². The van der Waals surface area contributed by atoms with E-state index in [-0.39, 0.29) is 18.4 Å². The second kappa shape index (κ2) is 10.5. The largest absolute Gasteiger partial charge is 0.490 e. The zero-order valence-corrected chi connectivity index (χ0v) is 16.8. The number of methoxy groups -OCH3 is 1. The minimum Gasteiger partial charge on any atom is -0.490 e. The summed E-state index contributed by atoms with van der Waals surface area (Å²) < 4.78 is 10.4. The molecule has 2 rings (SSSR count). The smallest absolute Gasteiger partial charge is 0.309 e. The van der Waals surface area contributed by atoms with Crippen LogP contribution in [0.25, 0.3) is 0 Å². The van der Waals surface area contributed by atoms with Gasteiger partial charge in [-0.3, -0.25) is 4.79 Å². The number of halogens is 2. The van der Waals surface area contributed by atoms with E-state index in [1.807, 2.05) is 13.0 Å². The highest BCUT2D eigenvalue weighted by atomic mass is 35.5. The zero-order valence-electron chi connectivity index (χ0n) is 15.2. The molecule has 0 aliphatic carbocycles. The molecule has 2 aromatic carbocycles. The highest BCUT2D eigenvalue weighted by molar-refractivity contribution is 6.32. The minimum atomic E-state index is -0.660. The molecular formula is C20H23Cl2NO4. The van der Waals surface area contributed by atoms with Crippen molar-refractivity contribution in [2.45, 2.75) is 25.5 Å². The molecule has 0 fully saturated rings. The van der Waals surface area contributed by atoms with Crippen molar-refractivity contribution >= 4 is 29.2 Å². The summed E-state index contributed by atoms with van der Waals surface area (Å²) in [5, 5.41) is 14.5. The molecule has 0 saturated heterocycles. The third kappa shape index (κ3) is 7.03. The Labute approximate surface area is 169 Å². The van der Waals surface area contributed by atoms with Crippen molar-refractivity contribution in [2.24, 2.45) is 0 Å². The number of benzene rings is 2. The lowest BCUT2D eigenvalue weighted by Crippen LogP contribution is -2.34. The maximum atomic E-state index is 11.3. The van der Waals surface area contributed by atoms with Crippen LogP contribution in [-0.2, 0) is 16.0 Å². The summed E-state index contributed by atoms with van der Waals surface area (Å²) in [6, 6.07) is 12.3. The maximum absolute atomic E-state index is 11.3. The first kappa shape index (κ1) is 21.5. The molecule has 5 nitrogen and oxygen atoms in total. The van der Waals surface area contributed by atoms with E-state index in [2.05, 4.69) is 10.1 Å². The van der Waals surface area contributed by atoms with E-state index < -0.39 is 6.10 Å². The quantitative estimate of drug-likeness (QED) is 0.614. The van der Waals surface area contributed by atoms with Crippen molar-refractivity contribution in [3.8, 4) is 5.75 Å². The Morgan fingerprint density at radius 1 is 1.22 bits per heavy atom. The van der Waals surface area contributed by atoms with Gasteiger partial charge in [0.05, 0.1) is 24.7 Å². The zero-order chi connectivity index (χ0) is 19.8. The van der Waals surface area contributed by atoms with Gasteiger partial charge in [-0.1, -0.05) is 41.4 Å². The van der Waals surface area contributed by atoms with Gasteiger partial charge in [-0.05, 0) is 42.3 Å². The molecule has 0 saturated carbocycles. The second-order valence-electron chi connectivity index (χ2n) is 6.21. The molecule has 0 aliphatic rings. The molecule has 146 valence electrons. The van der Waals surface area contributed by atoms with E-state index >= 15 is 0 Å². The highest BCUT2D eigenvalue weighted by Crippen LogP contribution is 2.26. The Bertz CT molecular complexity index is 769. The van der Waals surface area contributed by atoms with Gasteiger partial charge in [-0.2, -0.15) is 0 Å². The topological polar surface area (TPSA) is 67.8 Å². The fourth-order valence-electron chi connectivity index (χ4n) is 2.43. The van der Waals surface area contributed by atoms with E-state index in [1.54, 1.807) is 36.4 Å². The molecule has 2 atom stereocenters. The average Bonchev–Trinajstić information content (AvgIpc) is 2.65. The number of nitrogens with one attached hydrogen (secondary N) is 1. The number of aliphatic hydroxyl groups excluding tert-OH is 1. The van der Waals surface area contributed by atoms with Gasteiger partial charge in [-0.15, -0.1) is 0 Å². The molecule has 0 radical (unpaired) electrons. The van der Waals surface area contributed by atoms with Crippen LogP contribution in [0.15, 0.2) is 42.5 Å². The third-order valence-electron chi connectivity index (χ3n) is 3.95. The summed E-state index contributed by atoms with van der Waals surface area (Å²) in [4.78, 5) is 11.3. The number of hydrogen-bond acceptors (Lipinski definition) is 5.